The molecule has 125 heavy (non-hydrogen) atoms. The molecule has 6 N–H and O–H groups in total. The smallest absolute Gasteiger partial charge is 0.251 e. The van der Waals surface area contributed by atoms with Crippen molar-refractivity contribution in [2.75, 3.05) is 26.2 Å². The van der Waals surface area contributed by atoms with Crippen molar-refractivity contribution in [1.29, 1.82) is 0 Å². The molecule has 0 spiro atoms. The average molecular weight is 1720 g/mol. The summed E-state index contributed by atoms with van der Waals surface area (Å²) in [4.78, 5) is 98.3. The topological polar surface area (TPSA) is 226 Å². The quantitative estimate of drug-likeness (QED) is 0.0158. The van der Waals surface area contributed by atoms with E-state index >= 15 is 0 Å². The Hall–Kier alpha value is -9.63. The van der Waals surface area contributed by atoms with Gasteiger partial charge in [0.25, 0.3) is 5.91 Å². The predicted molar refractivity (Wildman–Crippen MR) is 528 cm³/mol. The third-order valence-corrected chi connectivity index (χ3v) is 19.0. The highest BCUT2D eigenvalue weighted by molar-refractivity contribution is 5.94. The SMILES string of the molecule is CC(=O)NCC(=O)Cc1ccc(CC(C)C)cc1.CC(=O)NCCCC(C)C.CC(=O)NCCCCC(C)C.CC(=O)NCc1ccc(CC(C)C)cc1.CC(=O)NCc1ccc(CC(C)C)cc1.CC(=O)c1ccc(CC(C)C)cc1.CC(C)CCCCNC(=O)c1ccccc1.CCC(=O)Cc1ccc(CC(C)C)cc1.CCc1ccc(CC(C)C)cc1. The monoisotopic (exact) mass is 1720 g/mol. The van der Waals surface area contributed by atoms with E-state index in [1.165, 1.54) is 98.2 Å². The highest BCUT2D eigenvalue weighted by Gasteiger charge is 2.10. The molecule has 0 aliphatic rings. The minimum absolute atomic E-state index is 0.0151. The number of carbonyl (C=O) groups excluding carboxylic acids is 9. The molecule has 7 rings (SSSR count). The fourth-order valence-corrected chi connectivity index (χ4v) is 12.4. The third kappa shape index (κ3) is 73.3. The lowest BCUT2D eigenvalue weighted by atomic mass is 10.00. The zero-order valence-electron chi connectivity index (χ0n) is 82.6. The van der Waals surface area contributed by atoms with Gasteiger partial charge in [-0.3, -0.25) is 43.2 Å². The summed E-state index contributed by atoms with van der Waals surface area (Å²) >= 11 is 0. The number of carbonyl (C=O) groups is 9. The average Bonchev–Trinajstić information content (AvgIpc) is 1.18. The second-order valence-electron chi connectivity index (χ2n) is 36.7. The summed E-state index contributed by atoms with van der Waals surface area (Å²) < 4.78 is 0. The van der Waals surface area contributed by atoms with E-state index in [1.54, 1.807) is 20.8 Å². The summed E-state index contributed by atoms with van der Waals surface area (Å²) in [7, 11) is 0. The van der Waals surface area contributed by atoms with Crippen LogP contribution in [0, 0.1) is 53.3 Å². The lowest BCUT2D eigenvalue weighted by molar-refractivity contribution is -0.123. The molecular weight excluding hydrogens is 1550 g/mol. The molecule has 7 aromatic carbocycles. The van der Waals surface area contributed by atoms with Crippen molar-refractivity contribution < 1.29 is 43.2 Å². The zero-order valence-corrected chi connectivity index (χ0v) is 82.6. The standard InChI is InChI=1S/C15H21NO2.C14H21NO.C14H20O.2C13H19NO.C12H16O.C12H18.C9H19NO.C8H17NO/c1-11(2)8-13-4-6-14(7-5-13)9-15(18)10-16-12(3)17;1-12(2)8-6-7-11-15-14(16)13-9-4-3-5-10-13;1-4-14(15)10-13-7-5-12(6-8-13)9-11(2)3;2*1-10(2)8-12-4-6-13(7-5-12)9-14-11(3)15;1-9(2)8-11-4-6-12(7-5-11)10(3)13;1-4-11-5-7-12(8-6-11)9-10(2)3;1-8(2)6-4-5-7-10-9(3)11;1-7(2)5-4-6-9-8(3)10/h4-7,11H,8-10H2,1-3H3,(H,16,17);3-5,9-10,12H,6-8,11H2,1-2H3,(H,15,16);5-8,11H,4,9-10H2,1-3H3;2*4-7,10H,8-9H2,1-3H3,(H,14,15);4-7,9H,8H2,1-3H3;5-8,10H,4,9H2,1-3H3;8H,4-7H2,1-3H3,(H,10,11);7H,4-6H2,1-3H3,(H,9,10). The molecule has 0 saturated heterocycles. The first-order valence-corrected chi connectivity index (χ1v) is 46.6. The van der Waals surface area contributed by atoms with Crippen LogP contribution in [0.25, 0.3) is 0 Å². The molecule has 0 aromatic heterocycles. The van der Waals surface area contributed by atoms with Crippen LogP contribution >= 0.6 is 0 Å². The van der Waals surface area contributed by atoms with E-state index in [0.29, 0.717) is 67.7 Å². The Balaban J connectivity index is 0. The zero-order chi connectivity index (χ0) is 94.6. The summed E-state index contributed by atoms with van der Waals surface area (Å²) in [6.07, 6.45) is 18.8. The van der Waals surface area contributed by atoms with Gasteiger partial charge in [0.05, 0.1) is 6.54 Å². The van der Waals surface area contributed by atoms with E-state index in [-0.39, 0.29) is 53.6 Å². The Morgan fingerprint density at radius 2 is 0.512 bits per heavy atom. The van der Waals surface area contributed by atoms with Gasteiger partial charge in [-0.25, -0.2) is 0 Å². The summed E-state index contributed by atoms with van der Waals surface area (Å²) in [5.74, 6) is 6.93. The predicted octanol–water partition coefficient (Wildman–Crippen LogP) is 23.9. The van der Waals surface area contributed by atoms with Crippen molar-refractivity contribution in [3.05, 3.63) is 248 Å². The van der Waals surface area contributed by atoms with Crippen LogP contribution in [0.5, 0.6) is 0 Å². The molecule has 15 heteroatoms. The Bertz CT molecular complexity index is 3910. The van der Waals surface area contributed by atoms with Crippen molar-refractivity contribution in [2.24, 2.45) is 53.3 Å². The number of rotatable bonds is 40. The van der Waals surface area contributed by atoms with Crippen LogP contribution in [0.4, 0.5) is 0 Å². The van der Waals surface area contributed by atoms with Crippen LogP contribution in [0.3, 0.4) is 0 Å². The van der Waals surface area contributed by atoms with Crippen LogP contribution in [0.15, 0.2) is 176 Å². The van der Waals surface area contributed by atoms with E-state index in [2.05, 4.69) is 273 Å². The molecule has 0 radical (unpaired) electrons. The fourth-order valence-electron chi connectivity index (χ4n) is 12.4. The molecule has 15 nitrogen and oxygen atoms in total. The highest BCUT2D eigenvalue weighted by Crippen LogP contribution is 2.17. The van der Waals surface area contributed by atoms with Gasteiger partial charge in [-0.2, -0.15) is 0 Å². The molecule has 7 aromatic rings. The van der Waals surface area contributed by atoms with Gasteiger partial charge in [-0.05, 0) is 204 Å². The van der Waals surface area contributed by atoms with Crippen molar-refractivity contribution in [1.82, 2.24) is 31.9 Å². The van der Waals surface area contributed by atoms with Crippen LogP contribution < -0.4 is 31.9 Å². The molecule has 0 fully saturated rings. The Kier molecular flexibility index (Phi) is 68.1. The number of nitrogens with one attached hydrogen (secondary N) is 6. The maximum atomic E-state index is 11.6. The number of hydrogen-bond donors (Lipinski definition) is 6. The molecule has 0 atom stereocenters. The number of benzene rings is 7. The molecule has 0 saturated carbocycles. The Morgan fingerprint density at radius 3 is 0.792 bits per heavy atom. The number of hydrogen-bond acceptors (Lipinski definition) is 9. The molecule has 0 aliphatic carbocycles. The van der Waals surface area contributed by atoms with Crippen LogP contribution in [0.2, 0.25) is 0 Å². The van der Waals surface area contributed by atoms with Gasteiger partial charge in [-0.1, -0.05) is 328 Å². The van der Waals surface area contributed by atoms with Crippen molar-refractivity contribution in [2.45, 2.75) is 309 Å². The number of ketones is 3. The third-order valence-electron chi connectivity index (χ3n) is 19.0. The number of amides is 6. The number of Topliss-reactive ketones (excluding diaryl/α,β-unsaturated/α-hetero) is 3. The normalized spacial score (nSPS) is 10.4. The highest BCUT2D eigenvalue weighted by atomic mass is 16.2. The number of unbranched alkanes of at least 4 members (excludes halogenated alkanes) is 2. The lowest BCUT2D eigenvalue weighted by Gasteiger charge is -2.06. The minimum Gasteiger partial charge on any atom is -0.356 e. The van der Waals surface area contributed by atoms with Crippen LogP contribution in [-0.2, 0) is 104 Å². The molecule has 694 valence electrons. The summed E-state index contributed by atoms with van der Waals surface area (Å²) in [5.41, 5.74) is 15.5. The van der Waals surface area contributed by atoms with E-state index in [4.69, 9.17) is 0 Å². The minimum atomic E-state index is -0.171. The van der Waals surface area contributed by atoms with Gasteiger partial charge in [0.1, 0.15) is 5.78 Å². The molecular formula is C110H170N6O9. The maximum absolute atomic E-state index is 11.6. The molecule has 0 heterocycles. The Morgan fingerprint density at radius 1 is 0.248 bits per heavy atom. The Labute approximate surface area is 759 Å². The van der Waals surface area contributed by atoms with E-state index in [0.717, 1.165) is 134 Å². The van der Waals surface area contributed by atoms with Crippen LogP contribution in [-0.4, -0.2) is 79.0 Å². The van der Waals surface area contributed by atoms with E-state index in [1.807, 2.05) is 73.7 Å². The second kappa shape index (κ2) is 72.5. The van der Waals surface area contributed by atoms with E-state index < -0.39 is 0 Å². The molecule has 6 amide bonds. The van der Waals surface area contributed by atoms with Gasteiger partial charge in [-0.15, -0.1) is 0 Å². The van der Waals surface area contributed by atoms with Crippen molar-refractivity contribution in [3.63, 3.8) is 0 Å². The van der Waals surface area contributed by atoms with Crippen molar-refractivity contribution >= 4 is 52.8 Å². The first-order chi connectivity index (χ1) is 59.0. The fraction of sp³-hybridized carbons (Fsp3) is 0.536. The number of aryl methyl sites for hydroxylation is 1. The second-order valence-corrected chi connectivity index (χ2v) is 36.7. The summed E-state index contributed by atoms with van der Waals surface area (Å²) in [6.45, 7) is 56.9. The molecule has 0 aliphatic heterocycles. The largest absolute Gasteiger partial charge is 0.356 e. The first-order valence-electron chi connectivity index (χ1n) is 46.6. The maximum Gasteiger partial charge on any atom is 0.251 e. The van der Waals surface area contributed by atoms with Gasteiger partial charge < -0.3 is 31.9 Å². The molecule has 0 bridgehead atoms. The summed E-state index contributed by atoms with van der Waals surface area (Å²) in [6, 6.07) is 59.6. The summed E-state index contributed by atoms with van der Waals surface area (Å²) in [5, 5.41) is 16.6. The lowest BCUT2D eigenvalue weighted by Crippen LogP contribution is -2.28. The van der Waals surface area contributed by atoms with Gasteiger partial charge in [0.15, 0.2) is 11.6 Å². The molecule has 0 unspecified atom stereocenters. The van der Waals surface area contributed by atoms with E-state index in [9.17, 15) is 43.2 Å². The van der Waals surface area contributed by atoms with Gasteiger partial charge in [0, 0.05) is 97.7 Å². The first kappa shape index (κ1) is 117. The van der Waals surface area contributed by atoms with Gasteiger partial charge in [0.2, 0.25) is 29.5 Å². The van der Waals surface area contributed by atoms with Gasteiger partial charge >= 0.3 is 0 Å². The van der Waals surface area contributed by atoms with Crippen molar-refractivity contribution in [3.8, 4) is 0 Å². The van der Waals surface area contributed by atoms with Crippen LogP contribution in [0.1, 0.15) is 320 Å².